The number of allylic oxidation sites excluding steroid dienone is 2. The summed E-state index contributed by atoms with van der Waals surface area (Å²) in [5.41, 5.74) is 1.34. The van der Waals surface area contributed by atoms with E-state index in [9.17, 15) is 4.79 Å². The van der Waals surface area contributed by atoms with E-state index in [0.29, 0.717) is 17.7 Å². The molecule has 3 atom stereocenters. The number of carbonyl (C=O) groups is 1. The third kappa shape index (κ3) is 5.70. The van der Waals surface area contributed by atoms with Crippen LogP contribution in [0.3, 0.4) is 0 Å². The van der Waals surface area contributed by atoms with Gasteiger partial charge in [-0.25, -0.2) is 0 Å². The van der Waals surface area contributed by atoms with Gasteiger partial charge in [0.25, 0.3) is 0 Å². The fraction of sp³-hybridized carbons (Fsp3) is 0.640. The lowest BCUT2D eigenvalue weighted by molar-refractivity contribution is -1.00. The van der Waals surface area contributed by atoms with Crippen LogP contribution in [0.2, 0.25) is 0 Å². The van der Waals surface area contributed by atoms with Crippen molar-refractivity contribution in [3.63, 3.8) is 0 Å². The Balaban J connectivity index is 1.32. The molecule has 1 saturated heterocycles. The van der Waals surface area contributed by atoms with Crippen molar-refractivity contribution < 1.29 is 14.6 Å². The standard InChI is InChI=1S/C25H37N3O/c1-26-15-17-27(18-16-26)13-8-14-28(20-21-9-4-2-5-10-21)25(29)24-19-23(24)22-11-6-3-7-12-22/h2-4,6-7,11-12,21,23-24H,5,8-10,13-20H2,1H3/p+2/t21-,23+,24-/m1/s1. The molecule has 4 heteroatoms. The van der Waals surface area contributed by atoms with E-state index in [1.165, 1.54) is 51.1 Å². The lowest BCUT2D eigenvalue weighted by Crippen LogP contribution is -3.27. The van der Waals surface area contributed by atoms with Crippen molar-refractivity contribution >= 4 is 5.91 Å². The van der Waals surface area contributed by atoms with Crippen molar-refractivity contribution in [2.24, 2.45) is 11.8 Å². The Labute approximate surface area is 176 Å². The van der Waals surface area contributed by atoms with Crippen LogP contribution < -0.4 is 9.80 Å². The molecule has 2 fully saturated rings. The van der Waals surface area contributed by atoms with Crippen molar-refractivity contribution in [2.45, 2.75) is 38.0 Å². The van der Waals surface area contributed by atoms with Crippen LogP contribution in [-0.2, 0) is 4.79 Å². The number of hydrogen-bond acceptors (Lipinski definition) is 1. The molecule has 1 aromatic carbocycles. The number of likely N-dealkylation sites (N-methyl/N-ethyl adjacent to an activating group) is 1. The van der Waals surface area contributed by atoms with Crippen LogP contribution in [-0.4, -0.2) is 63.7 Å². The number of piperazine rings is 1. The lowest BCUT2D eigenvalue weighted by Gasteiger charge is -2.30. The monoisotopic (exact) mass is 397 g/mol. The molecule has 1 amide bonds. The smallest absolute Gasteiger partial charge is 0.226 e. The van der Waals surface area contributed by atoms with E-state index >= 15 is 0 Å². The van der Waals surface area contributed by atoms with E-state index in [1.807, 2.05) is 0 Å². The van der Waals surface area contributed by atoms with Crippen molar-refractivity contribution in [1.29, 1.82) is 0 Å². The van der Waals surface area contributed by atoms with E-state index in [0.717, 1.165) is 32.4 Å². The molecule has 1 saturated carbocycles. The van der Waals surface area contributed by atoms with Gasteiger partial charge in [-0.15, -0.1) is 0 Å². The van der Waals surface area contributed by atoms with Crippen LogP contribution in [0.15, 0.2) is 42.5 Å². The van der Waals surface area contributed by atoms with Gasteiger partial charge in [-0.1, -0.05) is 42.5 Å². The Morgan fingerprint density at radius 1 is 1.10 bits per heavy atom. The number of nitrogens with one attached hydrogen (secondary N) is 2. The average molecular weight is 398 g/mol. The quantitative estimate of drug-likeness (QED) is 0.624. The molecule has 2 N–H and O–H groups in total. The summed E-state index contributed by atoms with van der Waals surface area (Å²) in [6.45, 7) is 8.26. The second-order valence-corrected chi connectivity index (χ2v) is 9.60. The van der Waals surface area contributed by atoms with Crippen molar-refractivity contribution in [3.8, 4) is 0 Å². The highest BCUT2D eigenvalue weighted by atomic mass is 16.2. The highest BCUT2D eigenvalue weighted by molar-refractivity contribution is 5.83. The summed E-state index contributed by atoms with van der Waals surface area (Å²) < 4.78 is 0. The van der Waals surface area contributed by atoms with Gasteiger partial charge in [0.1, 0.15) is 26.2 Å². The van der Waals surface area contributed by atoms with Gasteiger partial charge in [-0.3, -0.25) is 4.79 Å². The number of amides is 1. The minimum Gasteiger partial charge on any atom is -0.342 e. The highest BCUT2D eigenvalue weighted by Crippen LogP contribution is 2.48. The fourth-order valence-electron chi connectivity index (χ4n) is 5.20. The maximum Gasteiger partial charge on any atom is 0.226 e. The Morgan fingerprint density at radius 3 is 2.62 bits per heavy atom. The maximum atomic E-state index is 13.4. The van der Waals surface area contributed by atoms with Crippen LogP contribution in [0.5, 0.6) is 0 Å². The van der Waals surface area contributed by atoms with Crippen LogP contribution in [0.1, 0.15) is 43.6 Å². The van der Waals surface area contributed by atoms with E-state index in [1.54, 1.807) is 9.80 Å². The predicted octanol–water partition coefficient (Wildman–Crippen LogP) is 0.778. The van der Waals surface area contributed by atoms with E-state index in [-0.39, 0.29) is 5.92 Å². The first kappa shape index (κ1) is 20.6. The first-order chi connectivity index (χ1) is 14.2. The molecule has 29 heavy (non-hydrogen) atoms. The molecule has 2 aliphatic carbocycles. The Hall–Kier alpha value is -1.65. The second kappa shape index (κ2) is 9.90. The third-order valence-electron chi connectivity index (χ3n) is 7.27. The second-order valence-electron chi connectivity index (χ2n) is 9.60. The van der Waals surface area contributed by atoms with Crippen LogP contribution in [0.25, 0.3) is 0 Å². The van der Waals surface area contributed by atoms with Gasteiger partial charge in [0.2, 0.25) is 5.91 Å². The molecular formula is C25H39N3O+2. The topological polar surface area (TPSA) is 29.2 Å². The van der Waals surface area contributed by atoms with Crippen LogP contribution >= 0.6 is 0 Å². The summed E-state index contributed by atoms with van der Waals surface area (Å²) in [5, 5.41) is 0. The molecule has 158 valence electrons. The van der Waals surface area contributed by atoms with Gasteiger partial charge in [-0.05, 0) is 43.1 Å². The SMILES string of the molecule is C[NH+]1CC[NH+](CCCN(C[C@@H]2CC=CCC2)C(=O)[C@@H]2C[C@H]2c2ccccc2)CC1. The Bertz CT molecular complexity index is 681. The molecule has 0 spiro atoms. The first-order valence-electron chi connectivity index (χ1n) is 11.8. The Morgan fingerprint density at radius 2 is 1.90 bits per heavy atom. The van der Waals surface area contributed by atoms with Gasteiger partial charge >= 0.3 is 0 Å². The summed E-state index contributed by atoms with van der Waals surface area (Å²) in [7, 11) is 2.30. The predicted molar refractivity (Wildman–Crippen MR) is 117 cm³/mol. The number of nitrogens with zero attached hydrogens (tertiary/aromatic N) is 1. The first-order valence-corrected chi connectivity index (χ1v) is 11.8. The Kier molecular flexibility index (Phi) is 7.04. The van der Waals surface area contributed by atoms with Gasteiger partial charge in [0.05, 0.1) is 13.6 Å². The number of quaternary nitrogens is 2. The van der Waals surface area contributed by atoms with Crippen LogP contribution in [0.4, 0.5) is 0 Å². The van der Waals surface area contributed by atoms with Crippen molar-refractivity contribution in [1.82, 2.24) is 4.90 Å². The average Bonchev–Trinajstić information content (AvgIpc) is 3.56. The normalized spacial score (nSPS) is 31.4. The minimum absolute atomic E-state index is 0.219. The van der Waals surface area contributed by atoms with E-state index in [2.05, 4.69) is 54.4 Å². The molecule has 0 radical (unpaired) electrons. The summed E-state index contributed by atoms with van der Waals surface area (Å²) in [6, 6.07) is 10.6. The summed E-state index contributed by atoms with van der Waals surface area (Å²) >= 11 is 0. The van der Waals surface area contributed by atoms with Gasteiger partial charge in [-0.2, -0.15) is 0 Å². The number of benzene rings is 1. The van der Waals surface area contributed by atoms with Crippen molar-refractivity contribution in [2.75, 3.05) is 52.9 Å². The van der Waals surface area contributed by atoms with Crippen molar-refractivity contribution in [3.05, 3.63) is 48.0 Å². The largest absolute Gasteiger partial charge is 0.342 e. The van der Waals surface area contributed by atoms with E-state index in [4.69, 9.17) is 0 Å². The number of rotatable bonds is 8. The highest BCUT2D eigenvalue weighted by Gasteiger charge is 2.45. The molecular weight excluding hydrogens is 358 g/mol. The minimum atomic E-state index is 0.219. The summed E-state index contributed by atoms with van der Waals surface area (Å²) in [5.74, 6) is 1.74. The van der Waals surface area contributed by atoms with E-state index < -0.39 is 0 Å². The zero-order valence-corrected chi connectivity index (χ0v) is 18.1. The van der Waals surface area contributed by atoms with Gasteiger partial charge < -0.3 is 14.7 Å². The summed E-state index contributed by atoms with van der Waals surface area (Å²) in [6.07, 6.45) is 10.4. The molecule has 0 unspecified atom stereocenters. The molecule has 1 aromatic rings. The lowest BCUT2D eigenvalue weighted by atomic mass is 9.93. The molecule has 0 aromatic heterocycles. The zero-order valence-electron chi connectivity index (χ0n) is 18.1. The van der Waals surface area contributed by atoms with Crippen LogP contribution in [0, 0.1) is 11.8 Å². The molecule has 4 rings (SSSR count). The number of hydrogen-bond donors (Lipinski definition) is 2. The third-order valence-corrected chi connectivity index (χ3v) is 7.27. The van der Waals surface area contributed by atoms with Gasteiger partial charge in [0.15, 0.2) is 0 Å². The molecule has 1 heterocycles. The molecule has 4 nitrogen and oxygen atoms in total. The summed E-state index contributed by atoms with van der Waals surface area (Å²) in [4.78, 5) is 19.0. The maximum absolute atomic E-state index is 13.4. The molecule has 3 aliphatic rings. The molecule has 1 aliphatic heterocycles. The fourth-order valence-corrected chi connectivity index (χ4v) is 5.20. The molecule has 0 bridgehead atoms. The zero-order chi connectivity index (χ0) is 20.1. The van der Waals surface area contributed by atoms with Gasteiger partial charge in [0, 0.05) is 25.4 Å². The number of carbonyl (C=O) groups excluding carboxylic acids is 1.